The Balaban J connectivity index is -0.0000000706. The molecule has 0 aromatic carbocycles. The molecule has 2 N–H and O–H groups in total. The number of carbonyl (C=O) groups excluding carboxylic acids is 2. The van der Waals surface area contributed by atoms with Gasteiger partial charge in [-0.25, -0.2) is 19.2 Å². The molecule has 0 aromatic heterocycles. The molecule has 0 amide bonds. The van der Waals surface area contributed by atoms with Gasteiger partial charge in [-0.2, -0.15) is 0 Å². The second-order valence-corrected chi connectivity index (χ2v) is 3.63. The predicted molar refractivity (Wildman–Crippen MR) is 96.1 cm³/mol. The van der Waals surface area contributed by atoms with Gasteiger partial charge in [-0.3, -0.25) is 0 Å². The van der Waals surface area contributed by atoms with Crippen molar-refractivity contribution < 1.29 is 38.9 Å². The van der Waals surface area contributed by atoms with E-state index in [4.69, 9.17) is 10.2 Å². The lowest BCUT2D eigenvalue weighted by atomic mass is 10.4. The van der Waals surface area contributed by atoms with Crippen molar-refractivity contribution in [3.63, 3.8) is 0 Å². The van der Waals surface area contributed by atoms with Crippen molar-refractivity contribution in [2.24, 2.45) is 0 Å². The van der Waals surface area contributed by atoms with E-state index in [9.17, 15) is 19.2 Å². The van der Waals surface area contributed by atoms with Gasteiger partial charge in [0.05, 0.1) is 14.2 Å². The van der Waals surface area contributed by atoms with Crippen LogP contribution in [-0.2, 0) is 28.7 Å². The number of methoxy groups -OCH3 is 2. The van der Waals surface area contributed by atoms with E-state index in [0.717, 1.165) is 12.2 Å². The standard InChI is InChI=1S/C5H8O2.2C4H6O2.C3H4O2.CH4/c1-4(2)5(6)7-3;1-3-4(5)6-2;1-3(2)4(5)6;1-2-3(4)5;/h1H2,2-3H3;3H,1H2,2H3;1H2,2H3,(H,5,6);2H,1H2,(H,4,5);1H4. The summed E-state index contributed by atoms with van der Waals surface area (Å²) in [7, 11) is 2.64. The molecule has 0 radical (unpaired) electrons. The minimum Gasteiger partial charge on any atom is -0.478 e. The Labute approximate surface area is 148 Å². The summed E-state index contributed by atoms with van der Waals surface area (Å²) in [5, 5.41) is 15.5. The van der Waals surface area contributed by atoms with E-state index in [1.807, 2.05) is 0 Å². The van der Waals surface area contributed by atoms with Gasteiger partial charge in [-0.15, -0.1) is 0 Å². The van der Waals surface area contributed by atoms with Crippen LogP contribution in [0.1, 0.15) is 21.3 Å². The first-order chi connectivity index (χ1) is 10.9. The summed E-state index contributed by atoms with van der Waals surface area (Å²) in [5.74, 6) is -2.66. The highest BCUT2D eigenvalue weighted by Gasteiger charge is 1.95. The Bertz CT molecular complexity index is 460. The van der Waals surface area contributed by atoms with Crippen molar-refractivity contribution in [3.05, 3.63) is 49.6 Å². The molecule has 0 heterocycles. The molecular weight excluding hydrogens is 332 g/mol. The number of esters is 2. The zero-order valence-corrected chi connectivity index (χ0v) is 14.3. The molecule has 0 aliphatic carbocycles. The number of ether oxygens (including phenoxy) is 2. The fourth-order valence-corrected chi connectivity index (χ4v) is 0.258. The van der Waals surface area contributed by atoms with E-state index in [1.165, 1.54) is 21.1 Å². The third-order valence-electron chi connectivity index (χ3n) is 1.44. The van der Waals surface area contributed by atoms with Crippen LogP contribution in [0, 0.1) is 0 Å². The van der Waals surface area contributed by atoms with Crippen LogP contribution in [0.15, 0.2) is 49.6 Å². The summed E-state index contributed by atoms with van der Waals surface area (Å²) >= 11 is 0. The maximum Gasteiger partial charge on any atom is 0.332 e. The van der Waals surface area contributed by atoms with Crippen LogP contribution < -0.4 is 0 Å². The number of carboxylic acid groups (broad SMARTS) is 2. The number of aliphatic carboxylic acids is 2. The van der Waals surface area contributed by atoms with Crippen molar-refractivity contribution >= 4 is 23.9 Å². The molecule has 0 aromatic rings. The van der Waals surface area contributed by atoms with Gasteiger partial charge < -0.3 is 19.7 Å². The third kappa shape index (κ3) is 44.9. The molecule has 0 saturated carbocycles. The summed E-state index contributed by atoms with van der Waals surface area (Å²) in [5.41, 5.74) is 0.609. The van der Waals surface area contributed by atoms with Gasteiger partial charge in [0, 0.05) is 23.3 Å². The highest BCUT2D eigenvalue weighted by Crippen LogP contribution is 1.87. The topological polar surface area (TPSA) is 127 Å². The maximum atomic E-state index is 10.2. The average Bonchev–Trinajstić information content (AvgIpc) is 2.54. The minimum atomic E-state index is -0.981. The summed E-state index contributed by atoms with van der Waals surface area (Å²) in [6.07, 6.45) is 1.94. The van der Waals surface area contributed by atoms with Gasteiger partial charge in [0.15, 0.2) is 0 Å². The molecule has 0 fully saturated rings. The number of hydrogen-bond donors (Lipinski definition) is 2. The molecule has 0 unspecified atom stereocenters. The second kappa shape index (κ2) is 23.1. The molecule has 0 saturated heterocycles. The Morgan fingerprint density at radius 2 is 1.16 bits per heavy atom. The van der Waals surface area contributed by atoms with Crippen LogP contribution in [0.2, 0.25) is 0 Å². The van der Waals surface area contributed by atoms with Crippen LogP contribution in [0.25, 0.3) is 0 Å². The zero-order valence-electron chi connectivity index (χ0n) is 14.3. The molecule has 0 atom stereocenters. The van der Waals surface area contributed by atoms with Gasteiger partial charge in [0.1, 0.15) is 0 Å². The van der Waals surface area contributed by atoms with Crippen molar-refractivity contribution in [2.75, 3.05) is 14.2 Å². The third-order valence-corrected chi connectivity index (χ3v) is 1.44. The van der Waals surface area contributed by atoms with E-state index in [1.54, 1.807) is 6.92 Å². The highest BCUT2D eigenvalue weighted by molar-refractivity contribution is 5.86. The Kier molecular flexibility index (Phi) is 30.9. The first-order valence-corrected chi connectivity index (χ1v) is 6.09. The smallest absolute Gasteiger partial charge is 0.332 e. The van der Waals surface area contributed by atoms with Gasteiger partial charge in [-0.05, 0) is 13.8 Å². The average molecular weight is 360 g/mol. The molecule has 8 nitrogen and oxygen atoms in total. The fourth-order valence-electron chi connectivity index (χ4n) is 0.258. The first-order valence-electron chi connectivity index (χ1n) is 6.09. The van der Waals surface area contributed by atoms with Crippen LogP contribution in [-0.4, -0.2) is 48.3 Å². The SMILES string of the molecule is C.C=C(C)C(=O)O.C=C(C)C(=O)OC.C=CC(=O)O.C=CC(=O)OC. The molecule has 8 heteroatoms. The minimum absolute atomic E-state index is 0. The monoisotopic (exact) mass is 360 g/mol. The van der Waals surface area contributed by atoms with Gasteiger partial charge in [0.2, 0.25) is 0 Å². The van der Waals surface area contributed by atoms with E-state index in [-0.39, 0.29) is 19.0 Å². The van der Waals surface area contributed by atoms with Crippen molar-refractivity contribution in [2.45, 2.75) is 21.3 Å². The Morgan fingerprint density at radius 3 is 1.16 bits per heavy atom. The van der Waals surface area contributed by atoms with Gasteiger partial charge >= 0.3 is 23.9 Å². The summed E-state index contributed by atoms with van der Waals surface area (Å²) < 4.78 is 8.42. The normalized spacial score (nSPS) is 6.88. The highest BCUT2D eigenvalue weighted by atomic mass is 16.5. The van der Waals surface area contributed by atoms with Gasteiger partial charge in [-0.1, -0.05) is 33.7 Å². The zero-order chi connectivity index (χ0) is 20.3. The number of hydrogen-bond acceptors (Lipinski definition) is 6. The van der Waals surface area contributed by atoms with E-state index in [0.29, 0.717) is 5.57 Å². The second-order valence-electron chi connectivity index (χ2n) is 3.63. The van der Waals surface area contributed by atoms with Crippen LogP contribution in [0.5, 0.6) is 0 Å². The molecule has 25 heavy (non-hydrogen) atoms. The largest absolute Gasteiger partial charge is 0.478 e. The molecule has 0 aliphatic rings. The summed E-state index contributed by atoms with van der Waals surface area (Å²) in [6.45, 7) is 15.7. The van der Waals surface area contributed by atoms with Crippen LogP contribution >= 0.6 is 0 Å². The summed E-state index contributed by atoms with van der Waals surface area (Å²) in [6, 6.07) is 0. The molecule has 0 bridgehead atoms. The number of rotatable bonds is 4. The molecule has 0 rings (SSSR count). The van der Waals surface area contributed by atoms with E-state index >= 15 is 0 Å². The predicted octanol–water partition coefficient (Wildman–Crippen LogP) is 2.62. The maximum absolute atomic E-state index is 10.2. The lowest BCUT2D eigenvalue weighted by molar-refractivity contribution is -0.136. The van der Waals surface area contributed by atoms with Crippen LogP contribution in [0.4, 0.5) is 0 Å². The Hall–Kier alpha value is -3.16. The number of carboxylic acids is 2. The van der Waals surface area contributed by atoms with Crippen molar-refractivity contribution in [3.8, 4) is 0 Å². The van der Waals surface area contributed by atoms with Crippen molar-refractivity contribution in [1.29, 1.82) is 0 Å². The molecular formula is C17H28O8. The number of carbonyl (C=O) groups is 4. The lowest BCUT2D eigenvalue weighted by Gasteiger charge is -1.91. The molecule has 144 valence electrons. The molecule has 0 aliphatic heterocycles. The van der Waals surface area contributed by atoms with Gasteiger partial charge in [0.25, 0.3) is 0 Å². The molecule has 0 spiro atoms. The van der Waals surface area contributed by atoms with E-state index < -0.39 is 17.9 Å². The van der Waals surface area contributed by atoms with Crippen LogP contribution in [0.3, 0.4) is 0 Å². The van der Waals surface area contributed by atoms with Crippen molar-refractivity contribution in [1.82, 2.24) is 0 Å². The quantitative estimate of drug-likeness (QED) is 0.578. The fraction of sp³-hybridized carbons (Fsp3) is 0.294. The first kappa shape index (κ1) is 33.4. The Morgan fingerprint density at radius 1 is 0.840 bits per heavy atom. The lowest BCUT2D eigenvalue weighted by Crippen LogP contribution is -1.98. The van der Waals surface area contributed by atoms with E-state index in [2.05, 4.69) is 35.8 Å². The summed E-state index contributed by atoms with van der Waals surface area (Å²) in [4.78, 5) is 38.9.